The minimum atomic E-state index is -0.222. The van der Waals surface area contributed by atoms with Gasteiger partial charge in [0, 0.05) is 29.1 Å². The predicted octanol–water partition coefficient (Wildman–Crippen LogP) is 3.60. The number of amides is 2. The highest BCUT2D eigenvalue weighted by Gasteiger charge is 2.10. The van der Waals surface area contributed by atoms with Crippen molar-refractivity contribution < 1.29 is 9.90 Å². The van der Waals surface area contributed by atoms with Crippen LogP contribution >= 0.6 is 11.8 Å². The Morgan fingerprint density at radius 1 is 1.18 bits per heavy atom. The van der Waals surface area contributed by atoms with Gasteiger partial charge in [0.15, 0.2) is 0 Å². The molecule has 0 atom stereocenters. The first-order valence-electron chi connectivity index (χ1n) is 7.06. The molecule has 0 aliphatic carbocycles. The summed E-state index contributed by atoms with van der Waals surface area (Å²) in [5.74, 6) is 0. The molecule has 0 aliphatic heterocycles. The zero-order chi connectivity index (χ0) is 15.9. The summed E-state index contributed by atoms with van der Waals surface area (Å²) in [5.41, 5.74) is 1.79. The Kier molecular flexibility index (Phi) is 5.86. The van der Waals surface area contributed by atoms with Gasteiger partial charge in [-0.15, -0.1) is 0 Å². The zero-order valence-corrected chi connectivity index (χ0v) is 13.6. The largest absolute Gasteiger partial charge is 0.395 e. The van der Waals surface area contributed by atoms with Gasteiger partial charge in [0.05, 0.1) is 6.61 Å². The molecule has 0 unspecified atom stereocenters. The molecule has 116 valence electrons. The quantitative estimate of drug-likeness (QED) is 0.886. The molecule has 4 nitrogen and oxygen atoms in total. The number of nitrogens with zero attached hydrogens (tertiary/aromatic N) is 1. The maximum Gasteiger partial charge on any atom is 0.321 e. The Morgan fingerprint density at radius 2 is 1.91 bits per heavy atom. The summed E-state index contributed by atoms with van der Waals surface area (Å²) in [6.07, 6.45) is 0. The zero-order valence-electron chi connectivity index (χ0n) is 12.7. The van der Waals surface area contributed by atoms with Gasteiger partial charge in [0.25, 0.3) is 0 Å². The van der Waals surface area contributed by atoms with Gasteiger partial charge in [0.2, 0.25) is 0 Å². The molecule has 2 aromatic carbocycles. The van der Waals surface area contributed by atoms with Crippen LogP contribution in [0.2, 0.25) is 0 Å². The lowest BCUT2D eigenvalue weighted by atomic mass is 10.2. The van der Waals surface area contributed by atoms with Crippen molar-refractivity contribution in [1.82, 2.24) is 4.90 Å². The first kappa shape index (κ1) is 16.4. The lowest BCUT2D eigenvalue weighted by Gasteiger charge is -2.18. The van der Waals surface area contributed by atoms with Crippen LogP contribution in [0.15, 0.2) is 58.3 Å². The van der Waals surface area contributed by atoms with Gasteiger partial charge < -0.3 is 15.3 Å². The number of hydrogen-bond donors (Lipinski definition) is 2. The van der Waals surface area contributed by atoms with Crippen LogP contribution in [0.25, 0.3) is 0 Å². The van der Waals surface area contributed by atoms with Gasteiger partial charge in [0.1, 0.15) is 0 Å². The second kappa shape index (κ2) is 7.87. The molecule has 0 aromatic heterocycles. The van der Waals surface area contributed by atoms with E-state index in [0.717, 1.165) is 16.1 Å². The molecular formula is C17H20N2O2S. The van der Waals surface area contributed by atoms with Gasteiger partial charge >= 0.3 is 6.03 Å². The third kappa shape index (κ3) is 4.51. The van der Waals surface area contributed by atoms with Crippen LogP contribution in [0.3, 0.4) is 0 Å². The number of carbonyl (C=O) groups is 1. The molecule has 2 amide bonds. The van der Waals surface area contributed by atoms with E-state index in [0.29, 0.717) is 6.54 Å². The van der Waals surface area contributed by atoms with E-state index in [1.54, 1.807) is 18.8 Å². The Hall–Kier alpha value is -1.98. The highest BCUT2D eigenvalue weighted by Crippen LogP contribution is 2.30. The highest BCUT2D eigenvalue weighted by molar-refractivity contribution is 7.99. The van der Waals surface area contributed by atoms with Crippen LogP contribution in [0.1, 0.15) is 5.56 Å². The molecular weight excluding hydrogens is 296 g/mol. The van der Waals surface area contributed by atoms with E-state index in [2.05, 4.69) is 23.5 Å². The smallest absolute Gasteiger partial charge is 0.321 e. The van der Waals surface area contributed by atoms with Gasteiger partial charge in [-0.05, 0) is 42.8 Å². The number of carbonyl (C=O) groups excluding carboxylic acids is 1. The van der Waals surface area contributed by atoms with Crippen LogP contribution in [0.5, 0.6) is 0 Å². The van der Waals surface area contributed by atoms with E-state index < -0.39 is 0 Å². The molecule has 0 aliphatic rings. The number of urea groups is 1. The second-order valence-electron chi connectivity index (χ2n) is 4.97. The number of rotatable bonds is 5. The third-order valence-electron chi connectivity index (χ3n) is 3.20. The van der Waals surface area contributed by atoms with Gasteiger partial charge in [-0.25, -0.2) is 4.79 Å². The summed E-state index contributed by atoms with van der Waals surface area (Å²) >= 11 is 1.69. The molecule has 0 spiro atoms. The number of nitrogens with one attached hydrogen (secondary N) is 1. The van der Waals surface area contributed by atoms with Crippen LogP contribution in [0, 0.1) is 6.92 Å². The maximum absolute atomic E-state index is 11.9. The summed E-state index contributed by atoms with van der Waals surface area (Å²) < 4.78 is 0. The van der Waals surface area contributed by atoms with Crippen LogP contribution in [-0.4, -0.2) is 36.2 Å². The number of aliphatic hydroxyl groups is 1. The highest BCUT2D eigenvalue weighted by atomic mass is 32.2. The molecule has 2 aromatic rings. The molecule has 5 heteroatoms. The van der Waals surface area contributed by atoms with Crippen LogP contribution in [0.4, 0.5) is 10.5 Å². The summed E-state index contributed by atoms with van der Waals surface area (Å²) in [6.45, 7) is 2.24. The van der Waals surface area contributed by atoms with E-state index in [-0.39, 0.29) is 12.6 Å². The van der Waals surface area contributed by atoms with Gasteiger partial charge in [-0.2, -0.15) is 0 Å². The average molecular weight is 316 g/mol. The average Bonchev–Trinajstić information content (AvgIpc) is 2.51. The topological polar surface area (TPSA) is 52.6 Å². The van der Waals surface area contributed by atoms with Gasteiger partial charge in [-0.3, -0.25) is 0 Å². The lowest BCUT2D eigenvalue weighted by molar-refractivity contribution is 0.202. The van der Waals surface area contributed by atoms with E-state index >= 15 is 0 Å². The lowest BCUT2D eigenvalue weighted by Crippen LogP contribution is -2.33. The molecule has 2 N–H and O–H groups in total. The minimum absolute atomic E-state index is 0.0461. The number of aliphatic hydroxyl groups excluding tert-OH is 1. The van der Waals surface area contributed by atoms with Crippen molar-refractivity contribution in [2.75, 3.05) is 25.5 Å². The van der Waals surface area contributed by atoms with Crippen molar-refractivity contribution in [2.45, 2.75) is 16.7 Å². The number of likely N-dealkylation sites (N-methyl/N-ethyl adjacent to an activating group) is 1. The fraction of sp³-hybridized carbons (Fsp3) is 0.235. The van der Waals surface area contributed by atoms with E-state index in [4.69, 9.17) is 5.11 Å². The van der Waals surface area contributed by atoms with Crippen molar-refractivity contribution in [2.24, 2.45) is 0 Å². The molecule has 0 radical (unpaired) electrons. The fourth-order valence-corrected chi connectivity index (χ4v) is 2.86. The number of benzene rings is 2. The molecule has 2 rings (SSSR count). The normalized spacial score (nSPS) is 10.3. The molecule has 0 saturated heterocycles. The number of anilines is 1. The summed E-state index contributed by atoms with van der Waals surface area (Å²) in [4.78, 5) is 15.7. The molecule has 0 fully saturated rings. The Labute approximate surface area is 135 Å². The number of aryl methyl sites for hydroxylation is 1. The van der Waals surface area contributed by atoms with Crippen LogP contribution in [-0.2, 0) is 0 Å². The third-order valence-corrected chi connectivity index (χ3v) is 4.20. The molecule has 0 bridgehead atoms. The Bertz CT molecular complexity index is 632. The van der Waals surface area contributed by atoms with E-state index in [9.17, 15) is 4.79 Å². The maximum atomic E-state index is 11.9. The van der Waals surface area contributed by atoms with Crippen LogP contribution < -0.4 is 5.32 Å². The van der Waals surface area contributed by atoms with Crippen molar-refractivity contribution in [1.29, 1.82) is 0 Å². The summed E-state index contributed by atoms with van der Waals surface area (Å²) in [6, 6.07) is 15.9. The SMILES string of the molecule is Cc1cc(Sc2ccccc2)ccc1NC(=O)N(C)CCO. The predicted molar refractivity (Wildman–Crippen MR) is 90.5 cm³/mol. The monoisotopic (exact) mass is 316 g/mol. The fourth-order valence-electron chi connectivity index (χ4n) is 1.93. The van der Waals surface area contributed by atoms with E-state index in [1.807, 2.05) is 37.3 Å². The standard InChI is InChI=1S/C17H20N2O2S/c1-13-12-15(22-14-6-4-3-5-7-14)8-9-16(13)18-17(21)19(2)10-11-20/h3-9,12,20H,10-11H2,1-2H3,(H,18,21). The molecule has 0 heterocycles. The Morgan fingerprint density at radius 3 is 2.55 bits per heavy atom. The first-order chi connectivity index (χ1) is 10.6. The first-order valence-corrected chi connectivity index (χ1v) is 7.88. The summed E-state index contributed by atoms with van der Waals surface area (Å²) in [7, 11) is 1.65. The summed E-state index contributed by atoms with van der Waals surface area (Å²) in [5, 5.41) is 11.7. The van der Waals surface area contributed by atoms with Gasteiger partial charge in [-0.1, -0.05) is 30.0 Å². The van der Waals surface area contributed by atoms with Crippen molar-refractivity contribution >= 4 is 23.5 Å². The van der Waals surface area contributed by atoms with Crippen molar-refractivity contribution in [3.63, 3.8) is 0 Å². The Balaban J connectivity index is 2.05. The van der Waals surface area contributed by atoms with Crippen molar-refractivity contribution in [3.05, 3.63) is 54.1 Å². The van der Waals surface area contributed by atoms with E-state index in [1.165, 1.54) is 9.80 Å². The number of hydrogen-bond acceptors (Lipinski definition) is 3. The second-order valence-corrected chi connectivity index (χ2v) is 6.11. The molecule has 22 heavy (non-hydrogen) atoms. The molecule has 0 saturated carbocycles. The van der Waals surface area contributed by atoms with Crippen molar-refractivity contribution in [3.8, 4) is 0 Å². The minimum Gasteiger partial charge on any atom is -0.395 e.